The molecule has 0 aromatic carbocycles. The van der Waals surface area contributed by atoms with Gasteiger partial charge in [-0.05, 0) is 31.0 Å². The van der Waals surface area contributed by atoms with Crippen LogP contribution in [-0.2, 0) is 16.0 Å². The molecular formula is C23H28N6O4. The second kappa shape index (κ2) is 9.42. The lowest BCUT2D eigenvalue weighted by atomic mass is 10.2. The van der Waals surface area contributed by atoms with Crippen LogP contribution >= 0.6 is 0 Å². The summed E-state index contributed by atoms with van der Waals surface area (Å²) in [6, 6.07) is 6.85. The Hall–Kier alpha value is -3.08. The molecule has 3 aromatic heterocycles. The standard InChI is InChI=1S/C23H28N6O4/c24-20-17(22(30)25-15-16-4-3-11-33-16)14-18-21(26-19-5-1-2-6-28(19)23(18)31)29(20)8-7-27-9-12-32-13-10-27/h1-2,5-6,14,16,24H,3-4,7-13,15H2,(H,25,30)/t16-/m1/s1. The maximum Gasteiger partial charge on any atom is 0.267 e. The Morgan fingerprint density at radius 3 is 2.85 bits per heavy atom. The van der Waals surface area contributed by atoms with Gasteiger partial charge in [0.15, 0.2) is 0 Å². The molecule has 0 saturated carbocycles. The molecule has 5 rings (SSSR count). The smallest absolute Gasteiger partial charge is 0.267 e. The summed E-state index contributed by atoms with van der Waals surface area (Å²) in [5.74, 6) is -0.380. The largest absolute Gasteiger partial charge is 0.379 e. The van der Waals surface area contributed by atoms with Crippen molar-refractivity contribution in [2.24, 2.45) is 0 Å². The molecule has 3 aromatic rings. The van der Waals surface area contributed by atoms with Crippen LogP contribution in [0.4, 0.5) is 0 Å². The Morgan fingerprint density at radius 1 is 1.21 bits per heavy atom. The quantitative estimate of drug-likeness (QED) is 0.523. The van der Waals surface area contributed by atoms with Crippen molar-refractivity contribution in [2.75, 3.05) is 46.0 Å². The van der Waals surface area contributed by atoms with Gasteiger partial charge in [-0.2, -0.15) is 0 Å². The molecule has 2 fully saturated rings. The zero-order chi connectivity index (χ0) is 22.8. The van der Waals surface area contributed by atoms with E-state index >= 15 is 0 Å². The average Bonchev–Trinajstić information content (AvgIpc) is 3.36. The molecular weight excluding hydrogens is 424 g/mol. The molecule has 1 atom stereocenters. The van der Waals surface area contributed by atoms with E-state index in [2.05, 4.69) is 15.2 Å². The van der Waals surface area contributed by atoms with Crippen LogP contribution in [0.5, 0.6) is 0 Å². The van der Waals surface area contributed by atoms with Crippen LogP contribution in [-0.4, -0.2) is 76.9 Å². The fourth-order valence-electron chi connectivity index (χ4n) is 4.45. The van der Waals surface area contributed by atoms with Crippen LogP contribution in [0.25, 0.3) is 16.7 Å². The van der Waals surface area contributed by atoms with E-state index in [1.54, 1.807) is 22.9 Å². The number of nitrogens with zero attached hydrogens (tertiary/aromatic N) is 4. The summed E-state index contributed by atoms with van der Waals surface area (Å²) in [6.07, 6.45) is 3.54. The zero-order valence-corrected chi connectivity index (χ0v) is 18.5. The van der Waals surface area contributed by atoms with Gasteiger partial charge in [-0.3, -0.25) is 24.3 Å². The van der Waals surface area contributed by atoms with Gasteiger partial charge in [0, 0.05) is 45.5 Å². The Kier molecular flexibility index (Phi) is 6.21. The highest BCUT2D eigenvalue weighted by molar-refractivity contribution is 5.96. The molecule has 2 N–H and O–H groups in total. The van der Waals surface area contributed by atoms with Crippen LogP contribution < -0.4 is 16.4 Å². The first-order chi connectivity index (χ1) is 16.1. The van der Waals surface area contributed by atoms with Crippen LogP contribution in [0.1, 0.15) is 23.2 Å². The van der Waals surface area contributed by atoms with Crippen LogP contribution in [0.2, 0.25) is 0 Å². The monoisotopic (exact) mass is 452 g/mol. The van der Waals surface area contributed by atoms with Gasteiger partial charge in [0.25, 0.3) is 11.5 Å². The third-order valence-corrected chi connectivity index (χ3v) is 6.32. The maximum atomic E-state index is 13.3. The highest BCUT2D eigenvalue weighted by Crippen LogP contribution is 2.13. The molecule has 2 aliphatic heterocycles. The average molecular weight is 453 g/mol. The lowest BCUT2D eigenvalue weighted by Gasteiger charge is -2.27. The van der Waals surface area contributed by atoms with Gasteiger partial charge >= 0.3 is 0 Å². The van der Waals surface area contributed by atoms with E-state index in [1.807, 2.05) is 6.07 Å². The molecule has 0 bridgehead atoms. The Labute approximate surface area is 190 Å². The van der Waals surface area contributed by atoms with Gasteiger partial charge in [0.2, 0.25) is 0 Å². The highest BCUT2D eigenvalue weighted by atomic mass is 16.5. The van der Waals surface area contributed by atoms with Gasteiger partial charge in [-0.25, -0.2) is 4.98 Å². The number of nitrogens with one attached hydrogen (secondary N) is 2. The lowest BCUT2D eigenvalue weighted by molar-refractivity contribution is 0.0363. The van der Waals surface area contributed by atoms with E-state index < -0.39 is 0 Å². The van der Waals surface area contributed by atoms with Gasteiger partial charge in [-0.15, -0.1) is 0 Å². The van der Waals surface area contributed by atoms with Gasteiger partial charge in [0.05, 0.1) is 30.3 Å². The van der Waals surface area contributed by atoms with E-state index in [4.69, 9.17) is 14.9 Å². The van der Waals surface area contributed by atoms with E-state index in [9.17, 15) is 9.59 Å². The predicted molar refractivity (Wildman–Crippen MR) is 121 cm³/mol. The first-order valence-electron chi connectivity index (χ1n) is 11.4. The topological polar surface area (TPSA) is 114 Å². The third kappa shape index (κ3) is 4.41. The predicted octanol–water partition coefficient (Wildman–Crippen LogP) is 0.370. The number of rotatable bonds is 6. The Bertz CT molecular complexity index is 1290. The number of amides is 1. The minimum atomic E-state index is -0.380. The summed E-state index contributed by atoms with van der Waals surface area (Å²) in [6.45, 7) is 5.18. The molecule has 174 valence electrons. The summed E-state index contributed by atoms with van der Waals surface area (Å²) >= 11 is 0. The molecule has 33 heavy (non-hydrogen) atoms. The molecule has 2 saturated heterocycles. The summed E-state index contributed by atoms with van der Waals surface area (Å²) in [4.78, 5) is 33.2. The second-order valence-electron chi connectivity index (χ2n) is 8.44. The number of pyridine rings is 2. The summed E-state index contributed by atoms with van der Waals surface area (Å²) < 4.78 is 14.2. The Morgan fingerprint density at radius 2 is 2.06 bits per heavy atom. The molecule has 5 heterocycles. The molecule has 10 nitrogen and oxygen atoms in total. The molecule has 0 spiro atoms. The Balaban J connectivity index is 1.56. The summed E-state index contributed by atoms with van der Waals surface area (Å²) in [5, 5.41) is 12.0. The highest BCUT2D eigenvalue weighted by Gasteiger charge is 2.21. The van der Waals surface area contributed by atoms with Crippen LogP contribution in [0.3, 0.4) is 0 Å². The van der Waals surface area contributed by atoms with Crippen molar-refractivity contribution in [3.05, 3.63) is 51.9 Å². The van der Waals surface area contributed by atoms with Crippen molar-refractivity contribution >= 4 is 22.6 Å². The van der Waals surface area contributed by atoms with Crippen LogP contribution in [0, 0.1) is 5.41 Å². The molecule has 0 aliphatic carbocycles. The fourth-order valence-corrected chi connectivity index (χ4v) is 4.45. The fraction of sp³-hybridized carbons (Fsp3) is 0.478. The van der Waals surface area contributed by atoms with Crippen LogP contribution in [0.15, 0.2) is 35.3 Å². The van der Waals surface area contributed by atoms with Crippen molar-refractivity contribution in [1.82, 2.24) is 24.2 Å². The normalized spacial score (nSPS) is 19.3. The maximum absolute atomic E-state index is 13.3. The molecule has 0 radical (unpaired) electrons. The summed E-state index contributed by atoms with van der Waals surface area (Å²) in [5.41, 5.74) is 0.874. The molecule has 0 unspecified atom stereocenters. The number of carbonyl (C=O) groups is 1. The van der Waals surface area contributed by atoms with Crippen molar-refractivity contribution in [3.8, 4) is 0 Å². The number of morpholine rings is 1. The first-order valence-corrected chi connectivity index (χ1v) is 11.4. The number of carbonyl (C=O) groups excluding carboxylic acids is 1. The minimum Gasteiger partial charge on any atom is -0.379 e. The number of aromatic nitrogens is 3. The first kappa shape index (κ1) is 21.7. The minimum absolute atomic E-state index is 0.00623. The van der Waals surface area contributed by atoms with E-state index in [0.717, 1.165) is 25.9 Å². The van der Waals surface area contributed by atoms with Crippen molar-refractivity contribution < 1.29 is 14.3 Å². The number of hydrogen-bond donors (Lipinski definition) is 2. The van der Waals surface area contributed by atoms with Crippen molar-refractivity contribution in [3.63, 3.8) is 0 Å². The molecule has 2 aliphatic rings. The molecule has 1 amide bonds. The summed E-state index contributed by atoms with van der Waals surface area (Å²) in [7, 11) is 0. The number of ether oxygens (including phenoxy) is 2. The van der Waals surface area contributed by atoms with Gasteiger partial charge in [0.1, 0.15) is 16.8 Å². The van der Waals surface area contributed by atoms with Gasteiger partial charge in [-0.1, -0.05) is 6.07 Å². The third-order valence-electron chi connectivity index (χ3n) is 6.32. The van der Waals surface area contributed by atoms with Crippen molar-refractivity contribution in [1.29, 1.82) is 5.41 Å². The second-order valence-corrected chi connectivity index (χ2v) is 8.44. The van der Waals surface area contributed by atoms with E-state index in [1.165, 1.54) is 10.5 Å². The van der Waals surface area contributed by atoms with Crippen molar-refractivity contribution in [2.45, 2.75) is 25.5 Å². The number of hydrogen-bond acceptors (Lipinski definition) is 7. The van der Waals surface area contributed by atoms with Gasteiger partial charge < -0.3 is 19.4 Å². The lowest BCUT2D eigenvalue weighted by Crippen LogP contribution is -2.41. The SMILES string of the molecule is N=c1c(C(=O)NC[C@H]2CCCO2)cc2c(=O)n3ccccc3nc2n1CCN1CCOCC1. The van der Waals surface area contributed by atoms with E-state index in [0.29, 0.717) is 56.1 Å². The number of fused-ring (bicyclic) bond motifs is 2. The zero-order valence-electron chi connectivity index (χ0n) is 18.5. The molecule has 10 heteroatoms. The van der Waals surface area contributed by atoms with E-state index in [-0.39, 0.29) is 28.6 Å².